The van der Waals surface area contributed by atoms with Gasteiger partial charge in [0.15, 0.2) is 0 Å². The maximum Gasteiger partial charge on any atom is 0.0433 e. The van der Waals surface area contributed by atoms with Crippen LogP contribution in [0.15, 0.2) is 24.3 Å². The van der Waals surface area contributed by atoms with E-state index in [0.29, 0.717) is 12.5 Å². The minimum atomic E-state index is 0.324. The fourth-order valence-corrected chi connectivity index (χ4v) is 6.62. The Bertz CT molecular complexity index is 575. The molecule has 2 nitrogen and oxygen atoms in total. The predicted molar refractivity (Wildman–Crippen MR) is 133 cm³/mol. The molecule has 31 heavy (non-hydrogen) atoms. The summed E-state index contributed by atoms with van der Waals surface area (Å²) in [5.41, 5.74) is 8.90. The van der Waals surface area contributed by atoms with Crippen LogP contribution in [0.5, 0.6) is 0 Å². The zero-order valence-electron chi connectivity index (χ0n) is 20.2. The topological polar surface area (TPSA) is 46.2 Å². The van der Waals surface area contributed by atoms with Gasteiger partial charge >= 0.3 is 0 Å². The first-order valence-electron chi connectivity index (χ1n) is 13.6. The average Bonchev–Trinajstić information content (AvgIpc) is 2.81. The summed E-state index contributed by atoms with van der Waals surface area (Å²) in [5, 5.41) is 9.33. The number of unbranched alkanes of at least 4 members (excludes halogenated alkanes) is 2. The molecular weight excluding hydrogens is 378 g/mol. The van der Waals surface area contributed by atoms with E-state index in [1.807, 2.05) is 0 Å². The van der Waals surface area contributed by atoms with Crippen LogP contribution in [-0.2, 0) is 6.42 Å². The third-order valence-electron chi connectivity index (χ3n) is 8.63. The van der Waals surface area contributed by atoms with Gasteiger partial charge < -0.3 is 10.8 Å². The molecule has 2 aliphatic rings. The summed E-state index contributed by atoms with van der Waals surface area (Å²) in [7, 11) is 0. The molecule has 1 aromatic rings. The molecule has 0 spiro atoms. The second kappa shape index (κ2) is 13.6. The maximum atomic E-state index is 9.33. The van der Waals surface area contributed by atoms with Crippen LogP contribution in [0, 0.1) is 23.7 Å². The molecule has 0 aromatic heterocycles. The largest absolute Gasteiger partial charge is 0.396 e. The van der Waals surface area contributed by atoms with Gasteiger partial charge in [0.25, 0.3) is 0 Å². The molecule has 176 valence electrons. The summed E-state index contributed by atoms with van der Waals surface area (Å²) in [6.45, 7) is 3.37. The van der Waals surface area contributed by atoms with Gasteiger partial charge in [-0.2, -0.15) is 0 Å². The van der Waals surface area contributed by atoms with Gasteiger partial charge in [-0.1, -0.05) is 56.9 Å². The number of hydrogen-bond acceptors (Lipinski definition) is 2. The highest BCUT2D eigenvalue weighted by atomic mass is 16.3. The van der Waals surface area contributed by atoms with Crippen LogP contribution in [0.1, 0.15) is 114 Å². The van der Waals surface area contributed by atoms with Crippen molar-refractivity contribution in [1.29, 1.82) is 0 Å². The van der Waals surface area contributed by atoms with Crippen LogP contribution in [0.2, 0.25) is 0 Å². The van der Waals surface area contributed by atoms with Crippen molar-refractivity contribution in [3.05, 3.63) is 35.4 Å². The normalized spacial score (nSPS) is 27.8. The van der Waals surface area contributed by atoms with Gasteiger partial charge in [-0.25, -0.2) is 0 Å². The fraction of sp³-hybridized carbons (Fsp3) is 0.793. The molecule has 2 fully saturated rings. The molecule has 2 aliphatic carbocycles. The first kappa shape index (κ1) is 24.8. The van der Waals surface area contributed by atoms with Gasteiger partial charge in [0, 0.05) is 6.61 Å². The molecule has 3 rings (SSSR count). The highest BCUT2D eigenvalue weighted by molar-refractivity contribution is 5.26. The van der Waals surface area contributed by atoms with E-state index in [4.69, 9.17) is 5.73 Å². The lowest BCUT2D eigenvalue weighted by atomic mass is 9.67. The van der Waals surface area contributed by atoms with Crippen molar-refractivity contribution < 1.29 is 5.11 Å². The molecule has 0 aliphatic heterocycles. The lowest BCUT2D eigenvalue weighted by molar-refractivity contribution is 0.142. The summed E-state index contributed by atoms with van der Waals surface area (Å²) < 4.78 is 0. The van der Waals surface area contributed by atoms with Crippen LogP contribution in [0.3, 0.4) is 0 Å². The van der Waals surface area contributed by atoms with Crippen molar-refractivity contribution >= 4 is 0 Å². The molecule has 2 saturated carbocycles. The summed E-state index contributed by atoms with van der Waals surface area (Å²) >= 11 is 0. The summed E-state index contributed by atoms with van der Waals surface area (Å²) in [6, 6.07) is 9.66. The third kappa shape index (κ3) is 7.90. The maximum absolute atomic E-state index is 9.33. The van der Waals surface area contributed by atoms with E-state index < -0.39 is 0 Å². The second-order valence-electron chi connectivity index (χ2n) is 10.8. The first-order chi connectivity index (χ1) is 15.2. The van der Waals surface area contributed by atoms with E-state index in [2.05, 4.69) is 31.2 Å². The van der Waals surface area contributed by atoms with Gasteiger partial charge in [0.05, 0.1) is 0 Å². The molecule has 1 aromatic carbocycles. The Labute approximate surface area is 192 Å². The molecule has 3 N–H and O–H groups in total. The number of aliphatic hydroxyl groups excluding tert-OH is 1. The van der Waals surface area contributed by atoms with E-state index in [9.17, 15) is 5.11 Å². The average molecular weight is 428 g/mol. The van der Waals surface area contributed by atoms with Crippen LogP contribution in [0.25, 0.3) is 0 Å². The lowest BCUT2D eigenvalue weighted by Crippen LogP contribution is -2.26. The number of aliphatic hydroxyl groups is 1. The summed E-state index contributed by atoms with van der Waals surface area (Å²) in [4.78, 5) is 0. The van der Waals surface area contributed by atoms with E-state index in [0.717, 1.165) is 43.1 Å². The highest BCUT2D eigenvalue weighted by Gasteiger charge is 2.31. The van der Waals surface area contributed by atoms with Crippen molar-refractivity contribution in [3.8, 4) is 0 Å². The smallest absolute Gasteiger partial charge is 0.0433 e. The molecule has 2 heteroatoms. The fourth-order valence-electron chi connectivity index (χ4n) is 6.62. The van der Waals surface area contributed by atoms with Crippen LogP contribution in [0.4, 0.5) is 0 Å². The molecule has 0 radical (unpaired) electrons. The van der Waals surface area contributed by atoms with Crippen molar-refractivity contribution in [2.45, 2.75) is 109 Å². The van der Waals surface area contributed by atoms with Gasteiger partial charge in [-0.3, -0.25) is 0 Å². The van der Waals surface area contributed by atoms with E-state index in [-0.39, 0.29) is 0 Å². The molecule has 0 heterocycles. The molecular formula is C29H49NO. The second-order valence-corrected chi connectivity index (χ2v) is 10.8. The Hall–Kier alpha value is -0.860. The highest BCUT2D eigenvalue weighted by Crippen LogP contribution is 2.45. The van der Waals surface area contributed by atoms with Gasteiger partial charge in [-0.15, -0.1) is 0 Å². The number of aryl methyl sites for hydroxylation is 1. The van der Waals surface area contributed by atoms with Crippen molar-refractivity contribution in [2.75, 3.05) is 13.2 Å². The van der Waals surface area contributed by atoms with Crippen LogP contribution in [-0.4, -0.2) is 18.3 Å². The molecule has 1 unspecified atom stereocenters. The number of nitrogens with two attached hydrogens (primary N) is 1. The molecule has 1 atom stereocenters. The minimum Gasteiger partial charge on any atom is -0.396 e. The van der Waals surface area contributed by atoms with E-state index >= 15 is 0 Å². The molecule has 0 saturated heterocycles. The van der Waals surface area contributed by atoms with Crippen LogP contribution < -0.4 is 5.73 Å². The Morgan fingerprint density at radius 2 is 1.52 bits per heavy atom. The van der Waals surface area contributed by atoms with Crippen molar-refractivity contribution in [2.24, 2.45) is 29.4 Å². The summed E-state index contributed by atoms with van der Waals surface area (Å²) in [6.07, 6.45) is 20.0. The van der Waals surface area contributed by atoms with Crippen molar-refractivity contribution in [3.63, 3.8) is 0 Å². The zero-order valence-corrected chi connectivity index (χ0v) is 20.2. The predicted octanol–water partition coefficient (Wildman–Crippen LogP) is 7.24. The zero-order chi connectivity index (χ0) is 21.9. The quantitative estimate of drug-likeness (QED) is 0.345. The van der Waals surface area contributed by atoms with Gasteiger partial charge in [-0.05, 0) is 118 Å². The van der Waals surface area contributed by atoms with Gasteiger partial charge in [0.1, 0.15) is 0 Å². The lowest BCUT2D eigenvalue weighted by Gasteiger charge is -2.38. The Morgan fingerprint density at radius 3 is 2.10 bits per heavy atom. The standard InChI is InChI=1S/C29H49NO/c1-2-3-4-5-23-6-10-26(11-7-23)28-14-16-29(17-15-28)27-12-8-24(9-13-27)22-25(18-20-30)19-21-31/h6-7,10-11,24-25,27-29,31H,2-5,8-9,12-22,30H2,1H3. The Kier molecular flexibility index (Phi) is 10.9. The van der Waals surface area contributed by atoms with Gasteiger partial charge in [0.2, 0.25) is 0 Å². The number of hydrogen-bond donors (Lipinski definition) is 2. The molecule has 0 amide bonds. The third-order valence-corrected chi connectivity index (χ3v) is 8.63. The van der Waals surface area contributed by atoms with E-state index in [1.54, 1.807) is 5.56 Å². The Morgan fingerprint density at radius 1 is 0.871 bits per heavy atom. The van der Waals surface area contributed by atoms with E-state index in [1.165, 1.54) is 89.0 Å². The summed E-state index contributed by atoms with van der Waals surface area (Å²) in [5.74, 6) is 4.27. The number of rotatable bonds is 12. The van der Waals surface area contributed by atoms with Crippen LogP contribution >= 0.6 is 0 Å². The minimum absolute atomic E-state index is 0.324. The first-order valence-corrected chi connectivity index (χ1v) is 13.6. The monoisotopic (exact) mass is 427 g/mol. The Balaban J connectivity index is 1.38. The number of benzene rings is 1. The molecule has 0 bridgehead atoms. The SMILES string of the molecule is CCCCCc1ccc(C2CCC(C3CCC(CC(CCN)CCO)CC3)CC2)cc1. The van der Waals surface area contributed by atoms with Crippen molar-refractivity contribution in [1.82, 2.24) is 0 Å².